The van der Waals surface area contributed by atoms with E-state index in [0.29, 0.717) is 12.1 Å². The minimum Gasteiger partial charge on any atom is -0.508 e. The highest BCUT2D eigenvalue weighted by molar-refractivity contribution is 5.87. The van der Waals surface area contributed by atoms with Crippen LogP contribution >= 0.6 is 0 Å². The standard InChI is InChI=1S/C21H27N7O5/c1-11(29)18(12(2)30)26-21(32)25-17(8-14-9-23-10-24-14)20-27-19(28-33-20)16(22)7-13-3-5-15(31)6-4-13/h3-6,9-11,16-18,29,31H,7-8,22H2,1-2H3,(H,23,24)(H2,25,26,32)/t11?,16-,17-,18-/m0/s1. The molecule has 2 heterocycles. The summed E-state index contributed by atoms with van der Waals surface area (Å²) in [7, 11) is 0. The number of aromatic hydroxyl groups is 1. The van der Waals surface area contributed by atoms with Crippen LogP contribution in [0.25, 0.3) is 0 Å². The fraction of sp³-hybridized carbons (Fsp3) is 0.381. The van der Waals surface area contributed by atoms with E-state index in [9.17, 15) is 19.8 Å². The Kier molecular flexibility index (Phi) is 7.74. The number of hydrogen-bond donors (Lipinski definition) is 6. The van der Waals surface area contributed by atoms with Gasteiger partial charge in [0.15, 0.2) is 11.6 Å². The minimum atomic E-state index is -1.06. The smallest absolute Gasteiger partial charge is 0.316 e. The number of aliphatic hydroxyl groups excluding tert-OH is 1. The summed E-state index contributed by atoms with van der Waals surface area (Å²) < 4.78 is 5.38. The van der Waals surface area contributed by atoms with Crippen molar-refractivity contribution < 1.29 is 24.3 Å². The van der Waals surface area contributed by atoms with Gasteiger partial charge in [-0.2, -0.15) is 4.98 Å². The molecule has 0 saturated carbocycles. The van der Waals surface area contributed by atoms with E-state index in [2.05, 4.69) is 30.7 Å². The molecule has 1 unspecified atom stereocenters. The first-order valence-electron chi connectivity index (χ1n) is 10.3. The number of nitrogens with two attached hydrogens (primary N) is 1. The highest BCUT2D eigenvalue weighted by Crippen LogP contribution is 2.20. The number of ketones is 1. The number of nitrogens with zero attached hydrogens (tertiary/aromatic N) is 3. The summed E-state index contributed by atoms with van der Waals surface area (Å²) in [5.41, 5.74) is 7.80. The van der Waals surface area contributed by atoms with Gasteiger partial charge in [-0.1, -0.05) is 17.3 Å². The van der Waals surface area contributed by atoms with Gasteiger partial charge in [0.2, 0.25) is 5.89 Å². The summed E-state index contributed by atoms with van der Waals surface area (Å²) in [5.74, 6) is 0.140. The maximum absolute atomic E-state index is 12.5. The maximum atomic E-state index is 12.5. The first-order valence-corrected chi connectivity index (χ1v) is 10.3. The topological polar surface area (TPSA) is 192 Å². The molecule has 0 spiro atoms. The molecule has 4 atom stereocenters. The molecule has 0 fully saturated rings. The first kappa shape index (κ1) is 23.9. The van der Waals surface area contributed by atoms with Gasteiger partial charge in [0, 0.05) is 18.3 Å². The number of phenolic OH excluding ortho intramolecular Hbond substituents is 1. The molecule has 1 aromatic carbocycles. The van der Waals surface area contributed by atoms with E-state index < -0.39 is 30.3 Å². The van der Waals surface area contributed by atoms with Crippen LogP contribution in [0.5, 0.6) is 5.75 Å². The Hall–Kier alpha value is -3.77. The number of carbonyl (C=O) groups excluding carboxylic acids is 2. The number of carbonyl (C=O) groups is 2. The third-order valence-electron chi connectivity index (χ3n) is 4.97. The summed E-state index contributed by atoms with van der Waals surface area (Å²) >= 11 is 0. The lowest BCUT2D eigenvalue weighted by atomic mass is 10.1. The highest BCUT2D eigenvalue weighted by Gasteiger charge is 2.27. The number of phenols is 1. The quantitative estimate of drug-likeness (QED) is 0.254. The molecule has 2 amide bonds. The van der Waals surface area contributed by atoms with Crippen LogP contribution in [-0.4, -0.2) is 54.3 Å². The van der Waals surface area contributed by atoms with E-state index in [1.165, 1.54) is 20.2 Å². The lowest BCUT2D eigenvalue weighted by molar-refractivity contribution is -0.120. The van der Waals surface area contributed by atoms with Crippen LogP contribution in [0.2, 0.25) is 0 Å². The summed E-state index contributed by atoms with van der Waals surface area (Å²) in [4.78, 5) is 35.5. The van der Waals surface area contributed by atoms with Crippen LogP contribution in [0.4, 0.5) is 4.79 Å². The molecule has 2 aromatic heterocycles. The van der Waals surface area contributed by atoms with E-state index in [4.69, 9.17) is 10.3 Å². The fourth-order valence-electron chi connectivity index (χ4n) is 3.24. The van der Waals surface area contributed by atoms with Crippen molar-refractivity contribution in [3.63, 3.8) is 0 Å². The van der Waals surface area contributed by atoms with Gasteiger partial charge in [-0.25, -0.2) is 9.78 Å². The molecule has 0 saturated heterocycles. The second kappa shape index (κ2) is 10.7. The van der Waals surface area contributed by atoms with Gasteiger partial charge >= 0.3 is 6.03 Å². The Morgan fingerprint density at radius 1 is 1.21 bits per heavy atom. The van der Waals surface area contributed by atoms with E-state index in [-0.39, 0.29) is 29.7 Å². The maximum Gasteiger partial charge on any atom is 0.316 e. The van der Waals surface area contributed by atoms with Gasteiger partial charge in [0.05, 0.1) is 18.5 Å². The largest absolute Gasteiger partial charge is 0.508 e. The van der Waals surface area contributed by atoms with Crippen molar-refractivity contribution >= 4 is 11.8 Å². The summed E-state index contributed by atoms with van der Waals surface area (Å²) in [6.07, 6.45) is 2.69. The molecule has 12 heteroatoms. The van der Waals surface area contributed by atoms with Crippen molar-refractivity contribution in [1.82, 2.24) is 30.7 Å². The lowest BCUT2D eigenvalue weighted by Gasteiger charge is -2.21. The Morgan fingerprint density at radius 3 is 2.55 bits per heavy atom. The van der Waals surface area contributed by atoms with Crippen molar-refractivity contribution in [2.45, 2.75) is 50.9 Å². The molecule has 33 heavy (non-hydrogen) atoms. The molecule has 3 aromatic rings. The van der Waals surface area contributed by atoms with Gasteiger partial charge in [0.1, 0.15) is 17.8 Å². The van der Waals surface area contributed by atoms with E-state index in [0.717, 1.165) is 5.56 Å². The summed E-state index contributed by atoms with van der Waals surface area (Å²) in [5, 5.41) is 28.3. The molecule has 12 nitrogen and oxygen atoms in total. The van der Waals surface area contributed by atoms with Gasteiger partial charge in [-0.05, 0) is 38.0 Å². The lowest BCUT2D eigenvalue weighted by Crippen LogP contribution is -2.51. The monoisotopic (exact) mass is 457 g/mol. The number of aromatic nitrogens is 4. The molecular formula is C21H27N7O5. The van der Waals surface area contributed by atoms with Crippen molar-refractivity contribution in [3.05, 3.63) is 59.8 Å². The highest BCUT2D eigenvalue weighted by atomic mass is 16.5. The predicted octanol–water partition coefficient (Wildman–Crippen LogP) is 0.662. The number of rotatable bonds is 10. The second-order valence-corrected chi connectivity index (χ2v) is 7.75. The Balaban J connectivity index is 1.74. The zero-order valence-electron chi connectivity index (χ0n) is 18.2. The molecule has 0 aliphatic heterocycles. The number of benzene rings is 1. The Bertz CT molecular complexity index is 1050. The number of nitrogens with one attached hydrogen (secondary N) is 3. The van der Waals surface area contributed by atoms with Crippen molar-refractivity contribution in [2.24, 2.45) is 5.73 Å². The molecular weight excluding hydrogens is 430 g/mol. The Morgan fingerprint density at radius 2 is 1.94 bits per heavy atom. The number of H-pyrrole nitrogens is 1. The first-order chi connectivity index (χ1) is 15.7. The number of aromatic amines is 1. The van der Waals surface area contributed by atoms with Gasteiger partial charge in [0.25, 0.3) is 0 Å². The van der Waals surface area contributed by atoms with Crippen molar-refractivity contribution in [1.29, 1.82) is 0 Å². The summed E-state index contributed by atoms with van der Waals surface area (Å²) in [6.45, 7) is 2.69. The number of aliphatic hydroxyl groups is 1. The normalized spacial score (nSPS) is 14.8. The average Bonchev–Trinajstić information content (AvgIpc) is 3.45. The SMILES string of the molecule is CC(=O)[C@@H](NC(=O)N[C@@H](Cc1cnc[nH]1)c1nc([C@@H](N)Cc2ccc(O)cc2)no1)C(C)O. The second-order valence-electron chi connectivity index (χ2n) is 7.75. The zero-order chi connectivity index (χ0) is 24.0. The van der Waals surface area contributed by atoms with Crippen LogP contribution in [0.1, 0.15) is 48.9 Å². The van der Waals surface area contributed by atoms with Crippen molar-refractivity contribution in [3.8, 4) is 5.75 Å². The zero-order valence-corrected chi connectivity index (χ0v) is 18.2. The van der Waals surface area contributed by atoms with Crippen LogP contribution in [-0.2, 0) is 17.6 Å². The van der Waals surface area contributed by atoms with E-state index >= 15 is 0 Å². The molecule has 3 rings (SSSR count). The third-order valence-corrected chi connectivity index (χ3v) is 4.97. The average molecular weight is 457 g/mol. The number of Topliss-reactive ketones (excluding diaryl/α,β-unsaturated/α-hetero) is 1. The van der Waals surface area contributed by atoms with Gasteiger partial charge in [-0.15, -0.1) is 0 Å². The van der Waals surface area contributed by atoms with Gasteiger partial charge in [-0.3, -0.25) is 4.79 Å². The molecule has 0 radical (unpaired) electrons. The Labute approximate surface area is 189 Å². The van der Waals surface area contributed by atoms with Crippen LogP contribution in [0, 0.1) is 0 Å². The van der Waals surface area contributed by atoms with Crippen LogP contribution in [0.3, 0.4) is 0 Å². The number of amides is 2. The summed E-state index contributed by atoms with van der Waals surface area (Å²) in [6, 6.07) is 3.54. The predicted molar refractivity (Wildman–Crippen MR) is 116 cm³/mol. The van der Waals surface area contributed by atoms with Crippen LogP contribution in [0.15, 0.2) is 41.3 Å². The van der Waals surface area contributed by atoms with Gasteiger partial charge < -0.3 is 36.1 Å². The number of imidazole rings is 1. The van der Waals surface area contributed by atoms with E-state index in [1.54, 1.807) is 30.5 Å². The molecule has 176 valence electrons. The molecule has 0 aliphatic carbocycles. The van der Waals surface area contributed by atoms with Crippen LogP contribution < -0.4 is 16.4 Å². The molecule has 7 N–H and O–H groups in total. The van der Waals surface area contributed by atoms with E-state index in [1.807, 2.05) is 0 Å². The minimum absolute atomic E-state index is 0.118. The fourth-order valence-corrected chi connectivity index (χ4v) is 3.24. The number of hydrogen-bond acceptors (Lipinski definition) is 9. The molecule has 0 aliphatic rings. The number of urea groups is 1. The van der Waals surface area contributed by atoms with Crippen molar-refractivity contribution in [2.75, 3.05) is 0 Å². The molecule has 0 bridgehead atoms. The third kappa shape index (κ3) is 6.60.